The molecular weight excluding hydrogens is 699 g/mol. The Kier molecular flexibility index (Phi) is 9.70. The molecule has 4 aromatic heterocycles. The minimum atomic E-state index is -2.59. The van der Waals surface area contributed by atoms with Gasteiger partial charge in [0.2, 0.25) is 11.8 Å². The van der Waals surface area contributed by atoms with Gasteiger partial charge in [-0.05, 0) is 38.1 Å². The van der Waals surface area contributed by atoms with Crippen LogP contribution in [-0.2, 0) is 23.7 Å². The molecule has 6 heterocycles. The van der Waals surface area contributed by atoms with Gasteiger partial charge in [0.25, 0.3) is 6.43 Å². The lowest BCUT2D eigenvalue weighted by atomic mass is 10.0. The highest BCUT2D eigenvalue weighted by molar-refractivity contribution is 7.10. The zero-order valence-electron chi connectivity index (χ0n) is 28.3. The van der Waals surface area contributed by atoms with Crippen molar-refractivity contribution >= 4 is 56.3 Å². The van der Waals surface area contributed by atoms with E-state index in [0.29, 0.717) is 48.5 Å². The maximum Gasteiger partial charge on any atom is 0.289 e. The van der Waals surface area contributed by atoms with E-state index in [2.05, 4.69) is 30.8 Å². The fraction of sp³-hybridized carbons (Fsp3) is 0.371. The Morgan fingerprint density at radius 3 is 1.76 bits per heavy atom. The summed E-state index contributed by atoms with van der Waals surface area (Å²) < 4.78 is 41.6. The van der Waals surface area contributed by atoms with Crippen LogP contribution in [0.5, 0.6) is 11.5 Å². The largest absolute Gasteiger partial charge is 0.490 e. The third-order valence-corrected chi connectivity index (χ3v) is 10.5. The molecule has 0 radical (unpaired) electrons. The molecule has 6 aromatic rings. The van der Waals surface area contributed by atoms with Crippen LogP contribution in [0.1, 0.15) is 38.1 Å². The smallest absolute Gasteiger partial charge is 0.289 e. The summed E-state index contributed by atoms with van der Waals surface area (Å²) in [5.41, 5.74) is 6.45. The van der Waals surface area contributed by atoms with Gasteiger partial charge in [-0.3, -0.25) is 19.0 Å². The van der Waals surface area contributed by atoms with Gasteiger partial charge in [-0.2, -0.15) is 10.2 Å². The molecule has 266 valence electrons. The van der Waals surface area contributed by atoms with Crippen LogP contribution in [0.2, 0.25) is 0 Å². The van der Waals surface area contributed by atoms with Gasteiger partial charge in [-0.1, -0.05) is 0 Å². The summed E-state index contributed by atoms with van der Waals surface area (Å²) in [7, 11) is 3.71. The van der Waals surface area contributed by atoms with Gasteiger partial charge in [-0.15, -0.1) is 22.7 Å². The summed E-state index contributed by atoms with van der Waals surface area (Å²) in [6, 6.07) is 7.66. The highest BCUT2D eigenvalue weighted by Crippen LogP contribution is 2.36. The molecule has 4 atom stereocenters. The van der Waals surface area contributed by atoms with E-state index >= 15 is 0 Å². The number of ether oxygens (including phenoxy) is 2. The number of benzene rings is 2. The van der Waals surface area contributed by atoms with Crippen molar-refractivity contribution in [1.29, 1.82) is 0 Å². The molecule has 0 unspecified atom stereocenters. The number of amides is 2. The van der Waals surface area contributed by atoms with E-state index in [1.807, 2.05) is 69.4 Å². The first-order valence-electron chi connectivity index (χ1n) is 16.4. The van der Waals surface area contributed by atoms with Gasteiger partial charge in [0.05, 0.1) is 38.7 Å². The van der Waals surface area contributed by atoms with Crippen molar-refractivity contribution in [3.63, 3.8) is 0 Å². The third-order valence-electron chi connectivity index (χ3n) is 9.11. The Hall–Kier alpha value is -4.96. The monoisotopic (exact) mass is 734 g/mol. The summed E-state index contributed by atoms with van der Waals surface area (Å²) in [5, 5.41) is 19.8. The van der Waals surface area contributed by atoms with E-state index in [-0.39, 0.29) is 40.9 Å². The van der Waals surface area contributed by atoms with Gasteiger partial charge < -0.3 is 20.1 Å². The molecule has 0 spiro atoms. The summed E-state index contributed by atoms with van der Waals surface area (Å²) in [4.78, 5) is 31.3. The molecule has 0 bridgehead atoms. The lowest BCUT2D eigenvalue weighted by Gasteiger charge is -2.20. The van der Waals surface area contributed by atoms with E-state index in [9.17, 15) is 18.4 Å². The average Bonchev–Trinajstić information content (AvgIpc) is 3.93. The lowest BCUT2D eigenvalue weighted by Crippen LogP contribution is -2.25. The molecule has 2 amide bonds. The van der Waals surface area contributed by atoms with Crippen molar-refractivity contribution in [3.05, 3.63) is 57.9 Å². The van der Waals surface area contributed by atoms with Gasteiger partial charge in [0, 0.05) is 86.1 Å². The minimum absolute atomic E-state index is 0.0257. The predicted molar refractivity (Wildman–Crippen MR) is 191 cm³/mol. The Bertz CT molecular complexity index is 2200. The SMILES string of the molecule is C[C@@H](Oc1cc(-c2csc(C(F)F)n2)cc2nn(C)cc12)[C@H]1CNC(=O)C1.C[C@@H](Oc1cc(-c2cscn2)cc2nn(C)cc12)[C@H]1CNC(=O)C1. The number of nitrogens with one attached hydrogen (secondary N) is 2. The van der Waals surface area contributed by atoms with E-state index in [1.54, 1.807) is 32.1 Å². The van der Waals surface area contributed by atoms with Crippen LogP contribution in [0.15, 0.2) is 52.9 Å². The molecule has 2 aromatic carbocycles. The van der Waals surface area contributed by atoms with Crippen LogP contribution in [0.4, 0.5) is 8.78 Å². The first-order chi connectivity index (χ1) is 24.5. The molecule has 8 rings (SSSR count). The number of halogens is 2. The molecule has 51 heavy (non-hydrogen) atoms. The molecule has 2 N–H and O–H groups in total. The molecular formula is C35H36F2N8O4S2. The number of alkyl halides is 2. The number of carbonyl (C=O) groups is 2. The highest BCUT2D eigenvalue weighted by Gasteiger charge is 2.30. The lowest BCUT2D eigenvalue weighted by molar-refractivity contribution is -0.120. The zero-order chi connectivity index (χ0) is 35.8. The topological polar surface area (TPSA) is 138 Å². The van der Waals surface area contributed by atoms with Gasteiger partial charge in [-0.25, -0.2) is 18.7 Å². The maximum absolute atomic E-state index is 12.9. The Morgan fingerprint density at radius 2 is 1.33 bits per heavy atom. The number of hydrogen-bond donors (Lipinski definition) is 2. The molecule has 2 fully saturated rings. The zero-order valence-corrected chi connectivity index (χ0v) is 29.9. The third kappa shape index (κ3) is 7.56. The van der Waals surface area contributed by atoms with Gasteiger partial charge in [0.15, 0.2) is 5.01 Å². The second-order valence-corrected chi connectivity index (χ2v) is 14.5. The quantitative estimate of drug-likeness (QED) is 0.181. The van der Waals surface area contributed by atoms with E-state index in [4.69, 9.17) is 9.47 Å². The number of fused-ring (bicyclic) bond motifs is 2. The number of carbonyl (C=O) groups excluding carboxylic acids is 2. The summed E-state index contributed by atoms with van der Waals surface area (Å²) in [6.45, 7) is 5.20. The van der Waals surface area contributed by atoms with Crippen LogP contribution >= 0.6 is 22.7 Å². The molecule has 16 heteroatoms. The number of aryl methyl sites for hydroxylation is 2. The minimum Gasteiger partial charge on any atom is -0.490 e. The van der Waals surface area contributed by atoms with Crippen molar-refractivity contribution in [2.45, 2.75) is 45.3 Å². The Morgan fingerprint density at radius 1 is 0.804 bits per heavy atom. The van der Waals surface area contributed by atoms with Crippen LogP contribution in [-0.4, -0.2) is 66.6 Å². The van der Waals surface area contributed by atoms with E-state index < -0.39 is 6.43 Å². The van der Waals surface area contributed by atoms with Crippen molar-refractivity contribution in [2.75, 3.05) is 13.1 Å². The fourth-order valence-electron chi connectivity index (χ4n) is 6.30. The molecule has 0 saturated carbocycles. The second kappa shape index (κ2) is 14.3. The predicted octanol–water partition coefficient (Wildman–Crippen LogP) is 6.14. The Labute approximate surface area is 299 Å². The molecule has 2 aliphatic rings. The summed E-state index contributed by atoms with van der Waals surface area (Å²) in [6.07, 6.45) is 1.92. The van der Waals surface area contributed by atoms with Crippen molar-refractivity contribution in [1.82, 2.24) is 40.2 Å². The number of rotatable bonds is 9. The number of nitrogens with zero attached hydrogens (tertiary/aromatic N) is 6. The molecule has 2 aliphatic heterocycles. The molecule has 12 nitrogen and oxygen atoms in total. The Balaban J connectivity index is 0.000000160. The fourth-order valence-corrected chi connectivity index (χ4v) is 7.53. The van der Waals surface area contributed by atoms with Crippen LogP contribution in [0.3, 0.4) is 0 Å². The number of hydrogen-bond acceptors (Lipinski definition) is 10. The molecule has 2 saturated heterocycles. The van der Waals surface area contributed by atoms with Crippen LogP contribution < -0.4 is 20.1 Å². The number of thiazole rings is 2. The molecule has 0 aliphatic carbocycles. The van der Waals surface area contributed by atoms with Gasteiger partial charge in [0.1, 0.15) is 23.7 Å². The standard InChI is InChI=1S/C18H18F2N4O2S.C17H18N4O2S/c1-9(11-5-16(25)21-6-11)26-15-4-10(3-13-12(15)7-24(2)23-13)14-8-27-18(22-14)17(19)20;1-10(12-5-17(22)18-6-12)23-16-4-11(15-8-24-9-19-15)3-14-13(16)7-21(2)20-14/h3-4,7-9,11,17H,5-6H2,1-2H3,(H,21,25);3-4,7-10,12H,5-6H2,1-2H3,(H,18,22)/t9-,11-;10-,12-/m11/s1. The van der Waals surface area contributed by atoms with Crippen molar-refractivity contribution in [3.8, 4) is 34.0 Å². The van der Waals surface area contributed by atoms with Crippen molar-refractivity contribution in [2.24, 2.45) is 25.9 Å². The van der Waals surface area contributed by atoms with Crippen LogP contribution in [0, 0.1) is 11.8 Å². The summed E-state index contributed by atoms with van der Waals surface area (Å²) >= 11 is 2.49. The summed E-state index contributed by atoms with van der Waals surface area (Å²) in [5.74, 6) is 1.78. The maximum atomic E-state index is 12.9. The normalized spacial score (nSPS) is 18.5. The first kappa shape index (κ1) is 34.5. The van der Waals surface area contributed by atoms with E-state index in [1.165, 1.54) is 0 Å². The van der Waals surface area contributed by atoms with Crippen molar-refractivity contribution < 1.29 is 27.8 Å². The first-order valence-corrected chi connectivity index (χ1v) is 18.3. The highest BCUT2D eigenvalue weighted by atomic mass is 32.1. The second-order valence-electron chi connectivity index (χ2n) is 12.8. The average molecular weight is 735 g/mol. The number of aromatic nitrogens is 6. The van der Waals surface area contributed by atoms with E-state index in [0.717, 1.165) is 44.6 Å². The van der Waals surface area contributed by atoms with Crippen LogP contribution in [0.25, 0.3) is 44.3 Å². The van der Waals surface area contributed by atoms with Gasteiger partial charge >= 0.3 is 0 Å².